The number of aromatic nitrogens is 1. The molecule has 2 amide bonds. The fourth-order valence-electron chi connectivity index (χ4n) is 4.01. The molecule has 0 radical (unpaired) electrons. The molecule has 0 aliphatic heterocycles. The average Bonchev–Trinajstić information content (AvgIpc) is 2.88. The van der Waals surface area contributed by atoms with Gasteiger partial charge in [0.1, 0.15) is 5.56 Å². The second-order valence-corrected chi connectivity index (χ2v) is 8.87. The third kappa shape index (κ3) is 6.23. The van der Waals surface area contributed by atoms with Gasteiger partial charge >= 0.3 is 0 Å². The lowest BCUT2D eigenvalue weighted by Crippen LogP contribution is -2.24. The van der Waals surface area contributed by atoms with Crippen molar-refractivity contribution in [2.75, 3.05) is 19.5 Å². The Kier molecular flexibility index (Phi) is 9.08. The van der Waals surface area contributed by atoms with Gasteiger partial charge in [0, 0.05) is 30.9 Å². The number of ether oxygens (including phenoxy) is 2. The summed E-state index contributed by atoms with van der Waals surface area (Å²) in [6.07, 6.45) is 3.80. The van der Waals surface area contributed by atoms with E-state index in [4.69, 9.17) is 14.7 Å². The number of fused-ring (bicyclic) bond motifs is 1. The summed E-state index contributed by atoms with van der Waals surface area (Å²) >= 11 is 0. The lowest BCUT2D eigenvalue weighted by Gasteiger charge is -2.16. The number of methoxy groups -OCH3 is 2. The number of hydrogen-bond acceptors (Lipinski definition) is 6. The number of anilines is 1. The van der Waals surface area contributed by atoms with Gasteiger partial charge in [-0.2, -0.15) is 0 Å². The number of pyridine rings is 1. The molecule has 9 nitrogen and oxygen atoms in total. The summed E-state index contributed by atoms with van der Waals surface area (Å²) in [5.41, 5.74) is 3.61. The molecule has 0 atom stereocenters. The highest BCUT2D eigenvalue weighted by Gasteiger charge is 2.18. The molecule has 0 aliphatic carbocycles. The number of nitrogens with one attached hydrogen (secondary N) is 2. The van der Waals surface area contributed by atoms with Gasteiger partial charge in [0.2, 0.25) is 11.3 Å². The van der Waals surface area contributed by atoms with Crippen molar-refractivity contribution in [2.45, 2.75) is 52.0 Å². The fourth-order valence-corrected chi connectivity index (χ4v) is 4.01. The van der Waals surface area contributed by atoms with E-state index in [1.807, 2.05) is 28.8 Å². The zero-order valence-corrected chi connectivity index (χ0v) is 21.1. The van der Waals surface area contributed by atoms with E-state index in [1.165, 1.54) is 14.2 Å². The minimum absolute atomic E-state index is 0.0160. The van der Waals surface area contributed by atoms with Gasteiger partial charge in [0.05, 0.1) is 25.1 Å². The molecule has 36 heavy (non-hydrogen) atoms. The summed E-state index contributed by atoms with van der Waals surface area (Å²) in [6, 6.07) is 10.9. The quantitative estimate of drug-likeness (QED) is 0.205. The maximum atomic E-state index is 13.4. The molecule has 2 aromatic carbocycles. The van der Waals surface area contributed by atoms with Gasteiger partial charge in [-0.15, -0.1) is 0 Å². The highest BCUT2D eigenvalue weighted by atomic mass is 16.5. The van der Waals surface area contributed by atoms with Gasteiger partial charge in [-0.05, 0) is 42.5 Å². The Morgan fingerprint density at radius 2 is 1.67 bits per heavy atom. The maximum absolute atomic E-state index is 13.4. The highest BCUT2D eigenvalue weighted by Crippen LogP contribution is 2.31. The Bertz CT molecular complexity index is 1280. The molecule has 9 heteroatoms. The Hall–Kier alpha value is -3.85. The number of benzene rings is 2. The van der Waals surface area contributed by atoms with Crippen molar-refractivity contribution in [1.82, 2.24) is 10.0 Å². The first-order valence-electron chi connectivity index (χ1n) is 11.9. The van der Waals surface area contributed by atoms with Crippen LogP contribution in [0.2, 0.25) is 0 Å². The van der Waals surface area contributed by atoms with E-state index in [0.29, 0.717) is 53.4 Å². The van der Waals surface area contributed by atoms with Crippen molar-refractivity contribution < 1.29 is 24.3 Å². The first-order valence-corrected chi connectivity index (χ1v) is 11.9. The number of aryl methyl sites for hydroxylation is 1. The van der Waals surface area contributed by atoms with E-state index < -0.39 is 17.2 Å². The standard InChI is InChI=1S/C27H33N3O6/c1-17(2)18-9-11-19(12-10-18)28-27(33)21-16-30(13-7-5-6-8-25(31)29-34)22-15-24(36-4)23(35-3)14-20(22)26(21)32/h9-12,14-17,34H,5-8,13H2,1-4H3,(H,28,33)(H,29,31). The molecule has 0 aliphatic rings. The van der Waals surface area contributed by atoms with Crippen molar-refractivity contribution >= 4 is 28.4 Å². The van der Waals surface area contributed by atoms with Crippen molar-refractivity contribution in [3.63, 3.8) is 0 Å². The Morgan fingerprint density at radius 1 is 1.00 bits per heavy atom. The maximum Gasteiger partial charge on any atom is 0.261 e. The summed E-state index contributed by atoms with van der Waals surface area (Å²) < 4.78 is 12.6. The second-order valence-electron chi connectivity index (χ2n) is 8.87. The molecule has 0 bridgehead atoms. The molecular weight excluding hydrogens is 462 g/mol. The van der Waals surface area contributed by atoms with Crippen LogP contribution in [0.3, 0.4) is 0 Å². The molecule has 1 aromatic heterocycles. The van der Waals surface area contributed by atoms with Gasteiger partial charge in [-0.3, -0.25) is 19.6 Å². The molecule has 3 aromatic rings. The van der Waals surface area contributed by atoms with Crippen LogP contribution in [0, 0.1) is 0 Å². The third-order valence-corrected chi connectivity index (χ3v) is 6.09. The monoisotopic (exact) mass is 495 g/mol. The number of amides is 2. The van der Waals surface area contributed by atoms with E-state index >= 15 is 0 Å². The molecule has 1 heterocycles. The summed E-state index contributed by atoms with van der Waals surface area (Å²) in [4.78, 5) is 37.8. The number of hydrogen-bond donors (Lipinski definition) is 3. The zero-order valence-electron chi connectivity index (χ0n) is 21.1. The SMILES string of the molecule is COc1cc2c(=O)c(C(=O)Nc3ccc(C(C)C)cc3)cn(CCCCCC(=O)NO)c2cc1OC. The van der Waals surface area contributed by atoms with E-state index in [9.17, 15) is 14.4 Å². The van der Waals surface area contributed by atoms with E-state index in [1.54, 1.807) is 23.8 Å². The Labute approximate surface area is 210 Å². The number of nitrogens with zero attached hydrogens (tertiary/aromatic N) is 1. The van der Waals surface area contributed by atoms with Crippen LogP contribution in [0.1, 0.15) is 61.4 Å². The van der Waals surface area contributed by atoms with Gasteiger partial charge in [-0.1, -0.05) is 32.4 Å². The Morgan fingerprint density at radius 3 is 2.28 bits per heavy atom. The fraction of sp³-hybridized carbons (Fsp3) is 0.370. The summed E-state index contributed by atoms with van der Waals surface area (Å²) in [6.45, 7) is 4.70. The van der Waals surface area contributed by atoms with Gasteiger partial charge in [0.25, 0.3) is 5.91 Å². The topological polar surface area (TPSA) is 119 Å². The molecule has 0 unspecified atom stereocenters. The minimum atomic E-state index is -0.498. The first kappa shape index (κ1) is 26.7. The molecular formula is C27H33N3O6. The van der Waals surface area contributed by atoms with Crippen molar-refractivity contribution in [3.8, 4) is 11.5 Å². The van der Waals surface area contributed by atoms with E-state index in [0.717, 1.165) is 12.0 Å². The number of carbonyl (C=O) groups is 2. The van der Waals surface area contributed by atoms with E-state index in [2.05, 4.69) is 19.2 Å². The molecule has 192 valence electrons. The number of rotatable bonds is 11. The van der Waals surface area contributed by atoms with Crippen LogP contribution < -0.4 is 25.7 Å². The third-order valence-electron chi connectivity index (χ3n) is 6.09. The molecule has 0 saturated heterocycles. The van der Waals surface area contributed by atoms with Crippen molar-refractivity contribution in [1.29, 1.82) is 0 Å². The first-order chi connectivity index (χ1) is 17.3. The van der Waals surface area contributed by atoms with Crippen LogP contribution in [0.25, 0.3) is 10.9 Å². The lowest BCUT2D eigenvalue weighted by atomic mass is 10.0. The number of hydroxylamine groups is 1. The van der Waals surface area contributed by atoms with Crippen molar-refractivity contribution in [3.05, 3.63) is 63.9 Å². The molecule has 0 spiro atoms. The smallest absolute Gasteiger partial charge is 0.261 e. The minimum Gasteiger partial charge on any atom is -0.493 e. The van der Waals surface area contributed by atoms with Crippen LogP contribution in [0.15, 0.2) is 47.4 Å². The molecule has 0 fully saturated rings. The van der Waals surface area contributed by atoms with Gasteiger partial charge < -0.3 is 19.4 Å². The zero-order chi connectivity index (χ0) is 26.2. The molecule has 0 saturated carbocycles. The largest absolute Gasteiger partial charge is 0.493 e. The Balaban J connectivity index is 1.95. The van der Waals surface area contributed by atoms with Gasteiger partial charge in [0.15, 0.2) is 11.5 Å². The summed E-state index contributed by atoms with van der Waals surface area (Å²) in [5.74, 6) is 0.307. The van der Waals surface area contributed by atoms with Gasteiger partial charge in [-0.25, -0.2) is 5.48 Å². The van der Waals surface area contributed by atoms with Crippen LogP contribution >= 0.6 is 0 Å². The van der Waals surface area contributed by atoms with Crippen LogP contribution in [-0.4, -0.2) is 35.8 Å². The predicted molar refractivity (Wildman–Crippen MR) is 138 cm³/mol. The van der Waals surface area contributed by atoms with Crippen molar-refractivity contribution in [2.24, 2.45) is 0 Å². The summed E-state index contributed by atoms with van der Waals surface area (Å²) in [5, 5.41) is 11.8. The van der Waals surface area contributed by atoms with Crippen LogP contribution in [0.4, 0.5) is 5.69 Å². The lowest BCUT2D eigenvalue weighted by molar-refractivity contribution is -0.129. The second kappa shape index (κ2) is 12.2. The van der Waals surface area contributed by atoms with E-state index in [-0.39, 0.29) is 12.0 Å². The molecule has 3 rings (SSSR count). The normalized spacial score (nSPS) is 10.9. The number of carbonyl (C=O) groups excluding carboxylic acids is 2. The molecule has 3 N–H and O–H groups in total. The predicted octanol–water partition coefficient (Wildman–Crippen LogP) is 4.46. The van der Waals surface area contributed by atoms with Crippen LogP contribution in [-0.2, 0) is 11.3 Å². The van der Waals surface area contributed by atoms with Crippen LogP contribution in [0.5, 0.6) is 11.5 Å². The average molecular weight is 496 g/mol. The summed E-state index contributed by atoms with van der Waals surface area (Å²) in [7, 11) is 3.01. The highest BCUT2D eigenvalue weighted by molar-refractivity contribution is 6.06. The number of unbranched alkanes of at least 4 members (excludes halogenated alkanes) is 2.